The summed E-state index contributed by atoms with van der Waals surface area (Å²) in [6.45, 7) is 4.96. The molecule has 0 aliphatic rings. The smallest absolute Gasteiger partial charge is 0.0973 e. The van der Waals surface area contributed by atoms with E-state index in [0.717, 1.165) is 51.4 Å². The van der Waals surface area contributed by atoms with Crippen LogP contribution in [-0.2, 0) is 6.54 Å². The molecule has 5 aromatic rings. The molecule has 0 amide bonds. The van der Waals surface area contributed by atoms with Crippen molar-refractivity contribution in [2.45, 2.75) is 6.54 Å². The van der Waals surface area contributed by atoms with Crippen LogP contribution in [0.1, 0.15) is 11.1 Å². The zero-order valence-electron chi connectivity index (χ0n) is 17.7. The molecule has 1 aromatic heterocycles. The lowest BCUT2D eigenvalue weighted by Crippen LogP contribution is -2.10. The number of rotatable bonds is 6. The van der Waals surface area contributed by atoms with E-state index in [1.165, 1.54) is 5.56 Å². The fourth-order valence-electron chi connectivity index (χ4n) is 3.74. The lowest BCUT2D eigenvalue weighted by Gasteiger charge is -2.13. The van der Waals surface area contributed by atoms with Crippen molar-refractivity contribution in [2.24, 2.45) is 0 Å². The Kier molecular flexibility index (Phi) is 5.46. The number of hydrogen-bond donors (Lipinski definition) is 1. The average molecular weight is 414 g/mol. The van der Waals surface area contributed by atoms with Crippen LogP contribution in [0.4, 0.5) is 0 Å². The summed E-state index contributed by atoms with van der Waals surface area (Å²) in [6.07, 6.45) is 0. The molecule has 32 heavy (non-hydrogen) atoms. The van der Waals surface area contributed by atoms with Gasteiger partial charge in [0, 0.05) is 23.4 Å². The van der Waals surface area contributed by atoms with Gasteiger partial charge in [-0.15, -0.1) is 0 Å². The van der Waals surface area contributed by atoms with Gasteiger partial charge >= 0.3 is 0 Å². The third kappa shape index (κ3) is 4.14. The second-order valence-corrected chi connectivity index (χ2v) is 7.67. The van der Waals surface area contributed by atoms with Crippen LogP contribution in [0.3, 0.4) is 0 Å². The third-order valence-electron chi connectivity index (χ3n) is 5.46. The summed E-state index contributed by atoms with van der Waals surface area (Å²) in [4.78, 5) is 10.1. The van der Waals surface area contributed by atoms with Crippen molar-refractivity contribution in [3.63, 3.8) is 0 Å². The Morgan fingerprint density at radius 1 is 0.625 bits per heavy atom. The van der Waals surface area contributed by atoms with Gasteiger partial charge in [0.2, 0.25) is 0 Å². The highest BCUT2D eigenvalue weighted by atomic mass is 14.9. The lowest BCUT2D eigenvalue weighted by atomic mass is 10.0. The molecule has 3 nitrogen and oxygen atoms in total. The van der Waals surface area contributed by atoms with Gasteiger partial charge in [0.1, 0.15) is 0 Å². The van der Waals surface area contributed by atoms with Crippen molar-refractivity contribution >= 4 is 16.7 Å². The Bertz CT molecular complexity index is 1360. The van der Waals surface area contributed by atoms with E-state index in [4.69, 9.17) is 9.97 Å². The summed E-state index contributed by atoms with van der Waals surface area (Å²) in [5, 5.41) is 3.42. The number of nitrogens with zero attached hydrogens (tertiary/aromatic N) is 2. The highest BCUT2D eigenvalue weighted by molar-refractivity contribution is 5.87. The molecule has 3 heteroatoms. The van der Waals surface area contributed by atoms with Gasteiger partial charge in [-0.3, -0.25) is 0 Å². The van der Waals surface area contributed by atoms with Crippen molar-refractivity contribution in [3.8, 4) is 22.5 Å². The number of hydrogen-bond acceptors (Lipinski definition) is 3. The van der Waals surface area contributed by atoms with E-state index < -0.39 is 0 Å². The largest absolute Gasteiger partial charge is 0.381 e. The summed E-state index contributed by atoms with van der Waals surface area (Å²) >= 11 is 0. The van der Waals surface area contributed by atoms with Crippen molar-refractivity contribution < 1.29 is 0 Å². The number of aromatic nitrogens is 2. The van der Waals surface area contributed by atoms with E-state index in [1.807, 2.05) is 66.7 Å². The molecule has 0 saturated heterocycles. The normalized spacial score (nSPS) is 10.8. The highest BCUT2D eigenvalue weighted by Gasteiger charge is 2.13. The minimum absolute atomic E-state index is 0.728. The Morgan fingerprint density at radius 2 is 1.16 bits per heavy atom. The Morgan fingerprint density at radius 3 is 1.75 bits per heavy atom. The summed E-state index contributed by atoms with van der Waals surface area (Å²) in [6, 6.07) is 36.9. The molecule has 0 aliphatic carbocycles. The molecule has 0 spiro atoms. The highest BCUT2D eigenvalue weighted by Crippen LogP contribution is 2.31. The maximum Gasteiger partial charge on any atom is 0.0973 e. The van der Waals surface area contributed by atoms with E-state index in [1.54, 1.807) is 0 Å². The fraction of sp³-hybridized carbons (Fsp3) is 0.0345. The number of benzene rings is 4. The first kappa shape index (κ1) is 19.7. The Balaban J connectivity index is 1.54. The first-order valence-electron chi connectivity index (χ1n) is 10.7. The van der Waals surface area contributed by atoms with Gasteiger partial charge in [0.25, 0.3) is 0 Å². The molecule has 4 aromatic carbocycles. The van der Waals surface area contributed by atoms with Crippen LogP contribution < -0.4 is 5.32 Å². The molecule has 0 saturated carbocycles. The van der Waals surface area contributed by atoms with E-state index in [0.29, 0.717) is 0 Å². The van der Waals surface area contributed by atoms with Crippen LogP contribution in [0.5, 0.6) is 0 Å². The number of nitrogens with one attached hydrogen (secondary N) is 1. The zero-order valence-corrected chi connectivity index (χ0v) is 17.7. The quantitative estimate of drug-likeness (QED) is 0.336. The minimum atomic E-state index is 0.728. The molecule has 0 atom stereocenters. The third-order valence-corrected chi connectivity index (χ3v) is 5.46. The van der Waals surface area contributed by atoms with Crippen LogP contribution in [0, 0.1) is 0 Å². The molecule has 0 radical (unpaired) electrons. The summed E-state index contributed by atoms with van der Waals surface area (Å²) in [5.41, 5.74) is 8.67. The molecule has 0 fully saturated rings. The van der Waals surface area contributed by atoms with Gasteiger partial charge < -0.3 is 5.32 Å². The zero-order chi connectivity index (χ0) is 21.8. The molecule has 0 bridgehead atoms. The van der Waals surface area contributed by atoms with Crippen molar-refractivity contribution in [1.29, 1.82) is 0 Å². The van der Waals surface area contributed by atoms with E-state index in [-0.39, 0.29) is 0 Å². The second-order valence-electron chi connectivity index (χ2n) is 7.67. The predicted octanol–water partition coefficient (Wildman–Crippen LogP) is 6.72. The average Bonchev–Trinajstić information content (AvgIpc) is 2.88. The maximum absolute atomic E-state index is 5.05. The van der Waals surface area contributed by atoms with Crippen LogP contribution >= 0.6 is 0 Å². The molecular weight excluding hydrogens is 390 g/mol. The fourth-order valence-corrected chi connectivity index (χ4v) is 3.74. The first-order chi connectivity index (χ1) is 15.8. The van der Waals surface area contributed by atoms with E-state index in [9.17, 15) is 0 Å². The molecule has 1 N–H and O–H groups in total. The van der Waals surface area contributed by atoms with Gasteiger partial charge in [0.05, 0.1) is 22.4 Å². The molecule has 0 aliphatic heterocycles. The minimum Gasteiger partial charge on any atom is -0.381 e. The predicted molar refractivity (Wildman–Crippen MR) is 133 cm³/mol. The first-order valence-corrected chi connectivity index (χ1v) is 10.7. The van der Waals surface area contributed by atoms with Crippen molar-refractivity contribution in [2.75, 3.05) is 0 Å². The standard InChI is InChI=1S/C29H23N3/c1-21(30-20-22-11-5-2-6-12-22)25-17-18-26-27(19-25)32-29(24-15-9-4-10-16-24)28(31-26)23-13-7-3-8-14-23/h2-19,30H,1,20H2. The number of fused-ring (bicyclic) bond motifs is 1. The lowest BCUT2D eigenvalue weighted by molar-refractivity contribution is 0.892. The van der Waals surface area contributed by atoms with Gasteiger partial charge in [-0.25, -0.2) is 9.97 Å². The van der Waals surface area contributed by atoms with E-state index in [2.05, 4.69) is 54.4 Å². The topological polar surface area (TPSA) is 37.8 Å². The van der Waals surface area contributed by atoms with E-state index >= 15 is 0 Å². The Hall–Kier alpha value is -4.24. The molecular formula is C29H23N3. The van der Waals surface area contributed by atoms with Gasteiger partial charge in [-0.1, -0.05) is 104 Å². The van der Waals surface area contributed by atoms with Crippen LogP contribution in [0.15, 0.2) is 116 Å². The summed E-state index contributed by atoms with van der Waals surface area (Å²) < 4.78 is 0. The molecule has 5 rings (SSSR count). The maximum atomic E-state index is 5.05. The molecule has 1 heterocycles. The second kappa shape index (κ2) is 8.86. The van der Waals surface area contributed by atoms with Crippen LogP contribution in [-0.4, -0.2) is 9.97 Å². The summed E-state index contributed by atoms with van der Waals surface area (Å²) in [5.74, 6) is 0. The van der Waals surface area contributed by atoms with Crippen LogP contribution in [0.2, 0.25) is 0 Å². The summed E-state index contributed by atoms with van der Waals surface area (Å²) in [7, 11) is 0. The van der Waals surface area contributed by atoms with Crippen LogP contribution in [0.25, 0.3) is 39.2 Å². The van der Waals surface area contributed by atoms with Crippen molar-refractivity contribution in [1.82, 2.24) is 15.3 Å². The van der Waals surface area contributed by atoms with Crippen molar-refractivity contribution in [3.05, 3.63) is 127 Å². The Labute approximate surface area is 188 Å². The van der Waals surface area contributed by atoms with Gasteiger partial charge in [-0.05, 0) is 23.3 Å². The molecule has 0 unspecified atom stereocenters. The molecule has 154 valence electrons. The van der Waals surface area contributed by atoms with Gasteiger partial charge in [-0.2, -0.15) is 0 Å². The van der Waals surface area contributed by atoms with Gasteiger partial charge in [0.15, 0.2) is 0 Å². The monoisotopic (exact) mass is 413 g/mol. The SMILES string of the molecule is C=C(NCc1ccccc1)c1ccc2nc(-c3ccccc3)c(-c3ccccc3)nc2c1.